The first-order valence-electron chi connectivity index (χ1n) is 6.46. The Kier molecular flexibility index (Phi) is 5.38. The molecule has 1 aromatic heterocycles. The second-order valence-corrected chi connectivity index (χ2v) is 5.66. The summed E-state index contributed by atoms with van der Waals surface area (Å²) in [6.07, 6.45) is 1.33. The molecule has 0 radical (unpaired) electrons. The van der Waals surface area contributed by atoms with Crippen molar-refractivity contribution in [3.8, 4) is 0 Å². The molecular weight excluding hydrogens is 268 g/mol. The second-order valence-electron chi connectivity index (χ2n) is 4.94. The average Bonchev–Trinajstić information content (AvgIpc) is 3.01. The van der Waals surface area contributed by atoms with Gasteiger partial charge in [0, 0.05) is 50.7 Å². The molecule has 4 nitrogen and oxygen atoms in total. The van der Waals surface area contributed by atoms with Crippen LogP contribution in [0.3, 0.4) is 0 Å². The summed E-state index contributed by atoms with van der Waals surface area (Å²) in [4.78, 5) is 9.53. The van der Waals surface area contributed by atoms with Crippen LogP contribution in [0.25, 0.3) is 0 Å². The molecule has 0 aliphatic carbocycles. The van der Waals surface area contributed by atoms with Crippen molar-refractivity contribution in [1.82, 2.24) is 20.1 Å². The number of hydrogen-bond donors (Lipinski definition) is 1. The maximum atomic E-state index is 4.36. The summed E-state index contributed by atoms with van der Waals surface area (Å²) in [7, 11) is 0. The van der Waals surface area contributed by atoms with E-state index in [1.165, 1.54) is 51.4 Å². The van der Waals surface area contributed by atoms with Crippen LogP contribution in [0.15, 0.2) is 10.9 Å². The van der Waals surface area contributed by atoms with Crippen molar-refractivity contribution >= 4 is 23.7 Å². The van der Waals surface area contributed by atoms with E-state index >= 15 is 0 Å². The molecule has 102 valence electrons. The highest BCUT2D eigenvalue weighted by Crippen LogP contribution is 2.13. The molecule has 1 aromatic rings. The molecule has 6 heteroatoms. The first-order chi connectivity index (χ1) is 8.42. The monoisotopic (exact) mass is 288 g/mol. The van der Waals surface area contributed by atoms with Crippen molar-refractivity contribution in [2.45, 2.75) is 19.0 Å². The van der Waals surface area contributed by atoms with Crippen molar-refractivity contribution in [3.05, 3.63) is 16.6 Å². The Morgan fingerprint density at radius 2 is 2.17 bits per heavy atom. The molecule has 1 atom stereocenters. The molecule has 1 N–H and O–H groups in total. The van der Waals surface area contributed by atoms with Crippen LogP contribution in [-0.2, 0) is 6.54 Å². The first kappa shape index (κ1) is 14.2. The number of piperazine rings is 1. The van der Waals surface area contributed by atoms with Gasteiger partial charge in [-0.15, -0.1) is 23.7 Å². The molecule has 2 saturated heterocycles. The van der Waals surface area contributed by atoms with Crippen LogP contribution >= 0.6 is 23.7 Å². The summed E-state index contributed by atoms with van der Waals surface area (Å²) in [5, 5.41) is 5.61. The van der Waals surface area contributed by atoms with Crippen LogP contribution in [-0.4, -0.2) is 60.1 Å². The number of nitrogens with one attached hydrogen (secondary N) is 1. The minimum atomic E-state index is 0. The van der Waals surface area contributed by atoms with Gasteiger partial charge in [-0.3, -0.25) is 9.80 Å². The fraction of sp³-hybridized carbons (Fsp3) is 0.750. The van der Waals surface area contributed by atoms with E-state index in [0.717, 1.165) is 12.6 Å². The predicted molar refractivity (Wildman–Crippen MR) is 77.5 cm³/mol. The molecule has 0 spiro atoms. The molecule has 3 heterocycles. The van der Waals surface area contributed by atoms with Gasteiger partial charge in [0.25, 0.3) is 0 Å². The number of nitrogens with zero attached hydrogens (tertiary/aromatic N) is 3. The molecule has 0 amide bonds. The Balaban J connectivity index is 0.00000120. The van der Waals surface area contributed by atoms with Gasteiger partial charge in [-0.1, -0.05) is 0 Å². The van der Waals surface area contributed by atoms with Crippen LogP contribution in [0.2, 0.25) is 0 Å². The Hall–Kier alpha value is -0.200. The summed E-state index contributed by atoms with van der Waals surface area (Å²) in [6.45, 7) is 8.23. The Bertz CT molecular complexity index is 332. The van der Waals surface area contributed by atoms with E-state index in [1.54, 1.807) is 11.3 Å². The van der Waals surface area contributed by atoms with Crippen molar-refractivity contribution in [1.29, 1.82) is 0 Å². The number of halogens is 1. The fourth-order valence-corrected chi connectivity index (χ4v) is 3.33. The molecule has 1 unspecified atom stereocenters. The van der Waals surface area contributed by atoms with Gasteiger partial charge in [0.15, 0.2) is 0 Å². The maximum absolute atomic E-state index is 4.36. The summed E-state index contributed by atoms with van der Waals surface area (Å²) in [6, 6.07) is 0.788. The van der Waals surface area contributed by atoms with Gasteiger partial charge in [-0.2, -0.15) is 0 Å². The zero-order valence-corrected chi connectivity index (χ0v) is 12.2. The Labute approximate surface area is 119 Å². The van der Waals surface area contributed by atoms with E-state index in [2.05, 4.69) is 25.5 Å². The minimum Gasteiger partial charge on any atom is -0.315 e. The van der Waals surface area contributed by atoms with Gasteiger partial charge in [-0.05, 0) is 13.0 Å². The molecule has 0 saturated carbocycles. The van der Waals surface area contributed by atoms with Gasteiger partial charge in [-0.25, -0.2) is 4.98 Å². The first-order valence-corrected chi connectivity index (χ1v) is 7.40. The van der Waals surface area contributed by atoms with Crippen LogP contribution in [0.4, 0.5) is 0 Å². The van der Waals surface area contributed by atoms with E-state index < -0.39 is 0 Å². The van der Waals surface area contributed by atoms with Gasteiger partial charge < -0.3 is 5.32 Å². The third-order valence-electron chi connectivity index (χ3n) is 3.83. The highest BCUT2D eigenvalue weighted by Gasteiger charge is 2.25. The largest absolute Gasteiger partial charge is 0.315 e. The molecule has 3 rings (SSSR count). The van der Waals surface area contributed by atoms with Gasteiger partial charge in [0.05, 0.1) is 11.2 Å². The smallest absolute Gasteiger partial charge is 0.0795 e. The highest BCUT2D eigenvalue weighted by molar-refractivity contribution is 7.07. The van der Waals surface area contributed by atoms with Crippen LogP contribution in [0.1, 0.15) is 12.1 Å². The lowest BCUT2D eigenvalue weighted by Gasteiger charge is -2.37. The number of hydrogen-bond acceptors (Lipinski definition) is 5. The van der Waals surface area contributed by atoms with Gasteiger partial charge >= 0.3 is 0 Å². The molecule has 2 fully saturated rings. The van der Waals surface area contributed by atoms with Gasteiger partial charge in [0.1, 0.15) is 0 Å². The van der Waals surface area contributed by atoms with Crippen LogP contribution in [0.5, 0.6) is 0 Å². The fourth-order valence-electron chi connectivity index (χ4n) is 2.78. The standard InChI is InChI=1S/C12H20N4S.ClH/c1-2-13-7-12(1)16-5-3-15(4-6-16)8-11-9-17-10-14-11;/h9-10,12-13H,1-8H2;1H. The lowest BCUT2D eigenvalue weighted by molar-refractivity contribution is 0.0975. The molecule has 2 aliphatic heterocycles. The summed E-state index contributed by atoms with van der Waals surface area (Å²) < 4.78 is 0. The second kappa shape index (κ2) is 6.82. The lowest BCUT2D eigenvalue weighted by atomic mass is 10.2. The van der Waals surface area contributed by atoms with Gasteiger partial charge in [0.2, 0.25) is 0 Å². The zero-order valence-electron chi connectivity index (χ0n) is 10.5. The minimum absolute atomic E-state index is 0. The van der Waals surface area contributed by atoms with Crippen molar-refractivity contribution in [2.75, 3.05) is 39.3 Å². The van der Waals surface area contributed by atoms with E-state index in [1.807, 2.05) is 5.51 Å². The molecule has 0 bridgehead atoms. The lowest BCUT2D eigenvalue weighted by Crippen LogP contribution is -2.50. The molecular formula is C12H21ClN4S. The summed E-state index contributed by atoms with van der Waals surface area (Å²) in [5.74, 6) is 0. The topological polar surface area (TPSA) is 31.4 Å². The number of rotatable bonds is 3. The van der Waals surface area contributed by atoms with Crippen molar-refractivity contribution < 1.29 is 0 Å². The summed E-state index contributed by atoms with van der Waals surface area (Å²) >= 11 is 1.69. The van der Waals surface area contributed by atoms with Crippen LogP contribution in [0, 0.1) is 0 Å². The maximum Gasteiger partial charge on any atom is 0.0795 e. The zero-order chi connectivity index (χ0) is 11.5. The van der Waals surface area contributed by atoms with Crippen molar-refractivity contribution in [3.63, 3.8) is 0 Å². The van der Waals surface area contributed by atoms with E-state index in [4.69, 9.17) is 0 Å². The molecule has 18 heavy (non-hydrogen) atoms. The van der Waals surface area contributed by atoms with Crippen LogP contribution < -0.4 is 5.32 Å². The number of thiazole rings is 1. The van der Waals surface area contributed by atoms with E-state index in [-0.39, 0.29) is 12.4 Å². The van der Waals surface area contributed by atoms with E-state index in [9.17, 15) is 0 Å². The highest BCUT2D eigenvalue weighted by atomic mass is 35.5. The third-order valence-corrected chi connectivity index (χ3v) is 4.46. The SMILES string of the molecule is Cl.c1nc(CN2CCN(C3CCNC3)CC2)cs1. The summed E-state index contributed by atoms with van der Waals surface area (Å²) in [5.41, 5.74) is 3.15. The Morgan fingerprint density at radius 3 is 2.78 bits per heavy atom. The van der Waals surface area contributed by atoms with E-state index in [0.29, 0.717) is 0 Å². The quantitative estimate of drug-likeness (QED) is 0.901. The molecule has 0 aromatic carbocycles. The average molecular weight is 289 g/mol. The normalized spacial score (nSPS) is 26.1. The third kappa shape index (κ3) is 3.42. The van der Waals surface area contributed by atoms with Crippen molar-refractivity contribution in [2.24, 2.45) is 0 Å². The predicted octanol–water partition coefficient (Wildman–Crippen LogP) is 1.04. The Morgan fingerprint density at radius 1 is 1.33 bits per heavy atom. The number of aromatic nitrogens is 1. The molecule has 2 aliphatic rings.